The monoisotopic (exact) mass is 434 g/mol. The molecule has 164 valence electrons. The lowest BCUT2D eigenvalue weighted by Gasteiger charge is -2.25. The van der Waals surface area contributed by atoms with Crippen molar-refractivity contribution in [3.63, 3.8) is 0 Å². The Bertz CT molecular complexity index is 1230. The second kappa shape index (κ2) is 7.80. The molecule has 0 unspecified atom stereocenters. The number of aliphatic hydroxyl groups excluding tert-OH is 1. The molecule has 1 aliphatic heterocycles. The molecule has 2 aromatic carbocycles. The Morgan fingerprint density at radius 3 is 2.75 bits per heavy atom. The van der Waals surface area contributed by atoms with Gasteiger partial charge in [-0.3, -0.25) is 4.79 Å². The van der Waals surface area contributed by atoms with Gasteiger partial charge in [-0.15, -0.1) is 0 Å². The maximum atomic E-state index is 15.0. The molecule has 1 aromatic heterocycles. The minimum Gasteiger partial charge on any atom is -0.491 e. The van der Waals surface area contributed by atoms with Gasteiger partial charge in [0.15, 0.2) is 0 Å². The number of amides is 1. The van der Waals surface area contributed by atoms with Gasteiger partial charge < -0.3 is 26.2 Å². The number of pyridine rings is 1. The molecule has 1 aliphatic carbocycles. The van der Waals surface area contributed by atoms with Gasteiger partial charge in [0, 0.05) is 17.3 Å². The zero-order chi connectivity index (χ0) is 22.4. The van der Waals surface area contributed by atoms with Crippen molar-refractivity contribution in [1.29, 1.82) is 0 Å². The third-order valence-corrected chi connectivity index (χ3v) is 6.07. The van der Waals surface area contributed by atoms with Gasteiger partial charge >= 0.3 is 0 Å². The summed E-state index contributed by atoms with van der Waals surface area (Å²) in [5, 5.41) is 10.2. The third kappa shape index (κ3) is 3.33. The number of nitrogens with two attached hydrogens (primary N) is 2. The summed E-state index contributed by atoms with van der Waals surface area (Å²) in [6.07, 6.45) is 3.57. The maximum Gasteiger partial charge on any atom is 0.265 e. The molecule has 3 aromatic rings. The van der Waals surface area contributed by atoms with Crippen molar-refractivity contribution in [3.05, 3.63) is 65.1 Å². The van der Waals surface area contributed by atoms with E-state index in [-0.39, 0.29) is 42.6 Å². The lowest BCUT2D eigenvalue weighted by Crippen LogP contribution is -2.33. The first-order chi connectivity index (χ1) is 15.5. The third-order valence-electron chi connectivity index (χ3n) is 6.07. The fraction of sp³-hybridized carbons (Fsp3) is 0.250. The van der Waals surface area contributed by atoms with E-state index in [0.29, 0.717) is 28.3 Å². The molecule has 0 spiro atoms. The summed E-state index contributed by atoms with van der Waals surface area (Å²) in [5.41, 5.74) is 15.2. The topological polar surface area (TPSA) is 115 Å². The van der Waals surface area contributed by atoms with Crippen LogP contribution in [-0.4, -0.2) is 29.1 Å². The Labute approximate surface area is 184 Å². The smallest absolute Gasteiger partial charge is 0.265 e. The van der Waals surface area contributed by atoms with Crippen molar-refractivity contribution in [1.82, 2.24) is 4.98 Å². The summed E-state index contributed by atoms with van der Waals surface area (Å²) in [7, 11) is 0. The Hall–Kier alpha value is -3.65. The molecule has 0 bridgehead atoms. The molecule has 2 aliphatic rings. The van der Waals surface area contributed by atoms with E-state index in [1.165, 1.54) is 17.2 Å². The molecule has 8 heteroatoms. The van der Waals surface area contributed by atoms with Gasteiger partial charge in [0.25, 0.3) is 5.91 Å². The highest BCUT2D eigenvalue weighted by Gasteiger charge is 2.33. The maximum absolute atomic E-state index is 15.0. The van der Waals surface area contributed by atoms with Crippen LogP contribution in [0.4, 0.5) is 21.6 Å². The van der Waals surface area contributed by atoms with E-state index >= 15 is 4.39 Å². The fourth-order valence-electron chi connectivity index (χ4n) is 4.26. The number of aromatic nitrogens is 1. The number of benzene rings is 2. The number of anilines is 3. The molecular weight excluding hydrogens is 411 g/mol. The van der Waals surface area contributed by atoms with Crippen LogP contribution in [0.15, 0.2) is 42.6 Å². The van der Waals surface area contributed by atoms with E-state index in [4.69, 9.17) is 16.2 Å². The molecule has 7 nitrogen and oxygen atoms in total. The van der Waals surface area contributed by atoms with E-state index in [2.05, 4.69) is 4.98 Å². The summed E-state index contributed by atoms with van der Waals surface area (Å²) >= 11 is 0. The number of fused-ring (bicyclic) bond motifs is 1. The number of nitrogens with zero attached hydrogens (tertiary/aromatic N) is 2. The predicted molar refractivity (Wildman–Crippen MR) is 120 cm³/mol. The minimum atomic E-state index is -0.589. The summed E-state index contributed by atoms with van der Waals surface area (Å²) in [4.78, 5) is 18.9. The Kier molecular flexibility index (Phi) is 4.94. The van der Waals surface area contributed by atoms with Crippen LogP contribution in [0.2, 0.25) is 0 Å². The molecule has 5 N–H and O–H groups in total. The summed E-state index contributed by atoms with van der Waals surface area (Å²) in [5.74, 6) is -0.310. The number of nitrogen functional groups attached to an aromatic ring is 2. The summed E-state index contributed by atoms with van der Waals surface area (Å²) < 4.78 is 20.8. The van der Waals surface area contributed by atoms with Crippen molar-refractivity contribution >= 4 is 23.1 Å². The van der Waals surface area contributed by atoms with E-state index in [1.54, 1.807) is 30.3 Å². The average molecular weight is 434 g/mol. The summed E-state index contributed by atoms with van der Waals surface area (Å²) in [6.45, 7) is 0.0512. The molecule has 1 saturated carbocycles. The highest BCUT2D eigenvalue weighted by molar-refractivity contribution is 6.09. The quantitative estimate of drug-likeness (QED) is 0.579. The zero-order valence-corrected chi connectivity index (χ0v) is 17.3. The number of aliphatic hydroxyl groups is 1. The number of halogens is 1. The van der Waals surface area contributed by atoms with Crippen molar-refractivity contribution in [3.8, 4) is 16.9 Å². The SMILES string of the molecule is Nc1nccc(-c2cccc(N3CCOc4cc(C5CC5)cc(F)c4C3=O)c2CO)c1N. The number of ether oxygens (including phenoxy) is 1. The number of rotatable bonds is 4. The van der Waals surface area contributed by atoms with Crippen LogP contribution in [0, 0.1) is 5.82 Å². The van der Waals surface area contributed by atoms with Gasteiger partial charge in [0.1, 0.15) is 29.6 Å². The molecule has 2 heterocycles. The Balaban J connectivity index is 1.61. The van der Waals surface area contributed by atoms with Gasteiger partial charge in [-0.2, -0.15) is 0 Å². The highest BCUT2D eigenvalue weighted by Crippen LogP contribution is 2.43. The van der Waals surface area contributed by atoms with Gasteiger partial charge in [-0.05, 0) is 54.2 Å². The summed E-state index contributed by atoms with van der Waals surface area (Å²) in [6, 6.07) is 10.2. The van der Waals surface area contributed by atoms with Crippen molar-refractivity contribution in [2.75, 3.05) is 29.5 Å². The molecule has 1 fully saturated rings. The van der Waals surface area contributed by atoms with Gasteiger partial charge in [0.2, 0.25) is 0 Å². The number of carbonyl (C=O) groups is 1. The fourth-order valence-corrected chi connectivity index (χ4v) is 4.26. The number of carbonyl (C=O) groups excluding carboxylic acids is 1. The molecule has 0 saturated heterocycles. The van der Waals surface area contributed by atoms with Crippen LogP contribution < -0.4 is 21.1 Å². The van der Waals surface area contributed by atoms with E-state index in [1.807, 2.05) is 0 Å². The first kappa shape index (κ1) is 20.3. The zero-order valence-electron chi connectivity index (χ0n) is 17.3. The lowest BCUT2D eigenvalue weighted by atomic mass is 9.97. The minimum absolute atomic E-state index is 0.0890. The van der Waals surface area contributed by atoms with Crippen molar-refractivity contribution < 1.29 is 19.0 Å². The van der Waals surface area contributed by atoms with Gasteiger partial charge in [-0.25, -0.2) is 9.37 Å². The number of hydrogen-bond donors (Lipinski definition) is 3. The van der Waals surface area contributed by atoms with Crippen LogP contribution in [-0.2, 0) is 6.61 Å². The number of hydrogen-bond acceptors (Lipinski definition) is 6. The molecule has 0 atom stereocenters. The molecule has 32 heavy (non-hydrogen) atoms. The van der Waals surface area contributed by atoms with E-state index in [9.17, 15) is 9.90 Å². The predicted octanol–water partition coefficient (Wildman–Crippen LogP) is 3.46. The first-order valence-corrected chi connectivity index (χ1v) is 10.5. The second-order valence-corrected chi connectivity index (χ2v) is 8.07. The highest BCUT2D eigenvalue weighted by atomic mass is 19.1. The Morgan fingerprint density at radius 2 is 2.00 bits per heavy atom. The molecule has 1 amide bonds. The first-order valence-electron chi connectivity index (χ1n) is 10.5. The van der Waals surface area contributed by atoms with Gasteiger partial charge in [-0.1, -0.05) is 12.1 Å². The average Bonchev–Trinajstić information content (AvgIpc) is 3.63. The van der Waals surface area contributed by atoms with Crippen LogP contribution in [0.25, 0.3) is 11.1 Å². The van der Waals surface area contributed by atoms with Crippen LogP contribution >= 0.6 is 0 Å². The Morgan fingerprint density at radius 1 is 1.19 bits per heavy atom. The van der Waals surface area contributed by atoms with Gasteiger partial charge in [0.05, 0.1) is 24.5 Å². The normalized spacial score (nSPS) is 15.8. The lowest BCUT2D eigenvalue weighted by molar-refractivity contribution is 0.0985. The molecule has 5 rings (SSSR count). The van der Waals surface area contributed by atoms with E-state index in [0.717, 1.165) is 18.4 Å². The van der Waals surface area contributed by atoms with Crippen molar-refractivity contribution in [2.24, 2.45) is 0 Å². The largest absolute Gasteiger partial charge is 0.491 e. The van der Waals surface area contributed by atoms with Crippen LogP contribution in [0.5, 0.6) is 5.75 Å². The van der Waals surface area contributed by atoms with Crippen LogP contribution in [0.3, 0.4) is 0 Å². The van der Waals surface area contributed by atoms with Crippen molar-refractivity contribution in [2.45, 2.75) is 25.4 Å². The van der Waals surface area contributed by atoms with E-state index < -0.39 is 11.7 Å². The standard InChI is InChI=1S/C24H23FN4O3/c25-18-10-14(13-4-5-13)11-20-21(18)24(31)29(8-9-32-20)19-3-1-2-15(17(19)12-30)16-6-7-28-23(27)22(16)26/h1-3,6-7,10-11,13,30H,4-5,8-9,12,26H2,(H2,27,28). The molecule has 0 radical (unpaired) electrons. The molecular formula is C24H23FN4O3. The second-order valence-electron chi connectivity index (χ2n) is 8.07. The van der Waals surface area contributed by atoms with Crippen LogP contribution in [0.1, 0.15) is 40.2 Å².